The Bertz CT molecular complexity index is 1380. The Morgan fingerprint density at radius 1 is 1.03 bits per heavy atom. The predicted molar refractivity (Wildman–Crippen MR) is 133 cm³/mol. The van der Waals surface area contributed by atoms with Crippen LogP contribution < -0.4 is 9.47 Å². The summed E-state index contributed by atoms with van der Waals surface area (Å²) >= 11 is 6.32. The van der Waals surface area contributed by atoms with Crippen molar-refractivity contribution in [3.05, 3.63) is 82.9 Å². The van der Waals surface area contributed by atoms with Crippen molar-refractivity contribution in [3.63, 3.8) is 0 Å². The molecule has 1 saturated carbocycles. The minimum atomic E-state index is -0.300. The third kappa shape index (κ3) is 3.60. The Morgan fingerprint density at radius 2 is 1.74 bits per heavy atom. The first-order chi connectivity index (χ1) is 17.0. The van der Waals surface area contributed by atoms with Crippen molar-refractivity contribution in [3.8, 4) is 11.5 Å². The van der Waals surface area contributed by atoms with Gasteiger partial charge >= 0.3 is 0 Å². The summed E-state index contributed by atoms with van der Waals surface area (Å²) < 4.78 is 11.7. The molecule has 1 saturated heterocycles. The van der Waals surface area contributed by atoms with Crippen molar-refractivity contribution in [2.24, 2.45) is 28.8 Å². The Kier molecular flexibility index (Phi) is 5.33. The fraction of sp³-hybridized carbons (Fsp3) is 0.250. The molecule has 2 fully saturated rings. The Morgan fingerprint density at radius 3 is 2.49 bits per heavy atom. The average molecular weight is 487 g/mol. The number of carbonyl (C=O) groups excluding carboxylic acids is 2. The second-order valence-electron chi connectivity index (χ2n) is 9.19. The van der Waals surface area contributed by atoms with Crippen LogP contribution in [0.25, 0.3) is 10.8 Å². The van der Waals surface area contributed by atoms with Gasteiger partial charge in [-0.25, -0.2) is 0 Å². The number of fused-ring (bicyclic) bond motifs is 6. The van der Waals surface area contributed by atoms with Gasteiger partial charge in [-0.1, -0.05) is 66.2 Å². The molecule has 7 heteroatoms. The van der Waals surface area contributed by atoms with E-state index >= 15 is 0 Å². The van der Waals surface area contributed by atoms with Crippen LogP contribution in [0.15, 0.2) is 71.9 Å². The van der Waals surface area contributed by atoms with Gasteiger partial charge in [0.05, 0.1) is 25.2 Å². The molecule has 2 bridgehead atoms. The lowest BCUT2D eigenvalue weighted by Crippen LogP contribution is -2.28. The van der Waals surface area contributed by atoms with Crippen molar-refractivity contribution in [1.29, 1.82) is 0 Å². The minimum absolute atomic E-state index is 0.132. The summed E-state index contributed by atoms with van der Waals surface area (Å²) in [6, 6.07) is 17.5. The number of ether oxygens (including phenoxy) is 2. The molecule has 1 aliphatic heterocycles. The van der Waals surface area contributed by atoms with Gasteiger partial charge < -0.3 is 9.47 Å². The zero-order valence-corrected chi connectivity index (χ0v) is 19.8. The minimum Gasteiger partial charge on any atom is -0.493 e. The van der Waals surface area contributed by atoms with E-state index in [1.807, 2.05) is 24.3 Å². The van der Waals surface area contributed by atoms with Crippen LogP contribution in [0.1, 0.15) is 17.5 Å². The number of methoxy groups -OCH3 is 1. The zero-order valence-electron chi connectivity index (χ0n) is 19.1. The molecule has 0 spiro atoms. The smallest absolute Gasteiger partial charge is 0.254 e. The first-order valence-corrected chi connectivity index (χ1v) is 12.0. The predicted octanol–water partition coefficient (Wildman–Crippen LogP) is 5.22. The number of rotatable bonds is 6. The number of imide groups is 1. The lowest BCUT2D eigenvalue weighted by atomic mass is 9.85. The largest absolute Gasteiger partial charge is 0.493 e. The van der Waals surface area contributed by atoms with Crippen molar-refractivity contribution in [2.75, 3.05) is 7.11 Å². The molecule has 3 aromatic rings. The number of nitrogens with zero attached hydrogens (tertiary/aromatic N) is 2. The molecule has 0 N–H and O–H groups in total. The van der Waals surface area contributed by atoms with Crippen molar-refractivity contribution in [1.82, 2.24) is 5.01 Å². The number of hydrogen-bond acceptors (Lipinski definition) is 5. The monoisotopic (exact) mass is 486 g/mol. The number of hydrogen-bond donors (Lipinski definition) is 0. The number of amides is 2. The highest BCUT2D eigenvalue weighted by atomic mass is 35.5. The summed E-state index contributed by atoms with van der Waals surface area (Å²) in [4.78, 5) is 26.0. The van der Waals surface area contributed by atoms with Crippen molar-refractivity contribution < 1.29 is 19.1 Å². The number of halogens is 1. The van der Waals surface area contributed by atoms with Gasteiger partial charge in [-0.2, -0.15) is 10.1 Å². The van der Waals surface area contributed by atoms with E-state index in [0.29, 0.717) is 28.7 Å². The number of carbonyl (C=O) groups is 2. The third-order valence-electron chi connectivity index (χ3n) is 7.28. The van der Waals surface area contributed by atoms with Gasteiger partial charge in [-0.15, -0.1) is 0 Å². The van der Waals surface area contributed by atoms with Gasteiger partial charge in [-0.05, 0) is 40.7 Å². The van der Waals surface area contributed by atoms with E-state index in [-0.39, 0.29) is 35.5 Å². The second-order valence-corrected chi connectivity index (χ2v) is 9.62. The number of allylic oxidation sites excluding steroid dienone is 2. The number of benzene rings is 3. The highest BCUT2D eigenvalue weighted by molar-refractivity contribution is 6.31. The molecule has 3 aliphatic rings. The summed E-state index contributed by atoms with van der Waals surface area (Å²) in [6.07, 6.45) is 6.46. The van der Waals surface area contributed by atoms with Crippen LogP contribution in [-0.2, 0) is 16.2 Å². The lowest BCUT2D eigenvalue weighted by molar-refractivity contribution is -0.140. The van der Waals surface area contributed by atoms with Gasteiger partial charge in [0.25, 0.3) is 11.8 Å². The normalized spacial score (nSPS) is 24.7. The molecule has 35 heavy (non-hydrogen) atoms. The summed E-state index contributed by atoms with van der Waals surface area (Å²) in [5.41, 5.74) is 1.54. The van der Waals surface area contributed by atoms with Crippen LogP contribution in [0.5, 0.6) is 11.5 Å². The maximum absolute atomic E-state index is 13.0. The van der Waals surface area contributed by atoms with Gasteiger partial charge in [0.2, 0.25) is 0 Å². The second kappa shape index (κ2) is 8.54. The van der Waals surface area contributed by atoms with E-state index < -0.39 is 0 Å². The quantitative estimate of drug-likeness (QED) is 0.272. The molecule has 3 aromatic carbocycles. The Labute approximate surface area is 207 Å². The van der Waals surface area contributed by atoms with E-state index in [2.05, 4.69) is 35.5 Å². The van der Waals surface area contributed by atoms with E-state index in [0.717, 1.165) is 27.8 Å². The lowest BCUT2D eigenvalue weighted by Gasteiger charge is -2.16. The Balaban J connectivity index is 1.30. The van der Waals surface area contributed by atoms with Crippen LogP contribution in [0.4, 0.5) is 0 Å². The summed E-state index contributed by atoms with van der Waals surface area (Å²) in [6.45, 7) is 0.293. The van der Waals surface area contributed by atoms with E-state index in [1.165, 1.54) is 13.3 Å². The molecule has 2 amide bonds. The van der Waals surface area contributed by atoms with E-state index in [1.54, 1.807) is 12.1 Å². The molecule has 0 radical (unpaired) electrons. The topological polar surface area (TPSA) is 68.2 Å². The van der Waals surface area contributed by atoms with Gasteiger partial charge in [-0.3, -0.25) is 9.59 Å². The fourth-order valence-electron chi connectivity index (χ4n) is 5.68. The molecule has 1 heterocycles. The van der Waals surface area contributed by atoms with E-state index in [4.69, 9.17) is 21.1 Å². The summed E-state index contributed by atoms with van der Waals surface area (Å²) in [5, 5.41) is 7.97. The summed E-state index contributed by atoms with van der Waals surface area (Å²) in [5.74, 6) is 0.0730. The number of hydrazone groups is 1. The van der Waals surface area contributed by atoms with Crippen LogP contribution in [-0.4, -0.2) is 30.1 Å². The fourth-order valence-corrected chi connectivity index (χ4v) is 5.90. The molecule has 6 nitrogen and oxygen atoms in total. The van der Waals surface area contributed by atoms with Gasteiger partial charge in [0.1, 0.15) is 6.61 Å². The van der Waals surface area contributed by atoms with Crippen LogP contribution in [0.3, 0.4) is 0 Å². The van der Waals surface area contributed by atoms with Gasteiger partial charge in [0.15, 0.2) is 11.5 Å². The molecular weight excluding hydrogens is 464 g/mol. The molecule has 6 rings (SSSR count). The van der Waals surface area contributed by atoms with Crippen molar-refractivity contribution >= 4 is 40.4 Å². The Hall–Kier alpha value is -3.64. The van der Waals surface area contributed by atoms with Crippen molar-refractivity contribution in [2.45, 2.75) is 13.0 Å². The SMILES string of the molecule is COc1cc(Cl)cc(C=NN2C(=O)C3C4C=CC(C4)C3C2=O)c1OCc1cccc2ccccc12. The average Bonchev–Trinajstić information content (AvgIpc) is 3.55. The standard InChI is InChI=1S/C28H23ClN2O4/c1-34-23-13-21(29)12-20(26(23)35-15-19-7-4-6-16-5-2-3-8-22(16)19)14-30-31-27(32)24-17-9-10-18(11-17)25(24)28(31)33/h2-10,12-14,17-18,24-25H,11,15H2,1H3. The van der Waals surface area contributed by atoms with Crippen LogP contribution in [0, 0.1) is 23.7 Å². The van der Waals surface area contributed by atoms with Crippen LogP contribution in [0.2, 0.25) is 5.02 Å². The first kappa shape index (κ1) is 21.9. The van der Waals surface area contributed by atoms with E-state index in [9.17, 15) is 9.59 Å². The molecule has 2 aliphatic carbocycles. The molecular formula is C28H23ClN2O4. The highest BCUT2D eigenvalue weighted by Crippen LogP contribution is 2.52. The van der Waals surface area contributed by atoms with Gasteiger partial charge in [0, 0.05) is 16.7 Å². The highest BCUT2D eigenvalue weighted by Gasteiger charge is 2.59. The summed E-state index contributed by atoms with van der Waals surface area (Å²) in [7, 11) is 1.54. The molecule has 0 aromatic heterocycles. The zero-order chi connectivity index (χ0) is 24.1. The molecule has 4 unspecified atom stereocenters. The third-order valence-corrected chi connectivity index (χ3v) is 7.50. The molecule has 4 atom stereocenters. The van der Waals surface area contributed by atoms with Crippen LogP contribution >= 0.6 is 11.6 Å². The molecule has 176 valence electrons. The maximum Gasteiger partial charge on any atom is 0.254 e. The first-order valence-electron chi connectivity index (χ1n) is 11.6. The maximum atomic E-state index is 13.0.